The first-order valence-corrected chi connectivity index (χ1v) is 8.82. The summed E-state index contributed by atoms with van der Waals surface area (Å²) in [5, 5.41) is 4.31. The summed E-state index contributed by atoms with van der Waals surface area (Å²) in [4.78, 5) is 11.8. The van der Waals surface area contributed by atoms with Gasteiger partial charge < -0.3 is 0 Å². The van der Waals surface area contributed by atoms with Gasteiger partial charge in [0, 0.05) is 11.6 Å². The summed E-state index contributed by atoms with van der Waals surface area (Å²) in [5.74, 6) is -0.199. The number of Topliss-reactive ketones (excluding diaryl/α,β-unsaturated/α-hetero) is 1. The molecule has 0 aliphatic carbocycles. The van der Waals surface area contributed by atoms with E-state index < -0.39 is 10.0 Å². The number of rotatable bonds is 5. The number of benzene rings is 1. The molecule has 1 heterocycles. The summed E-state index contributed by atoms with van der Waals surface area (Å²) in [6.45, 7) is 8.67. The van der Waals surface area contributed by atoms with E-state index >= 15 is 0 Å². The molecule has 0 radical (unpaired) electrons. The minimum Gasteiger partial charge on any atom is -0.294 e. The van der Waals surface area contributed by atoms with Gasteiger partial charge in [-0.3, -0.25) is 14.2 Å². The number of carbonyl (C=O) groups is 1. The zero-order valence-electron chi connectivity index (χ0n) is 13.9. The molecule has 0 aliphatic heterocycles. The molecule has 1 N–H and O–H groups in total. The molecule has 1 aromatic carbocycles. The van der Waals surface area contributed by atoms with Crippen molar-refractivity contribution in [2.45, 2.75) is 45.6 Å². The van der Waals surface area contributed by atoms with Gasteiger partial charge in [0.05, 0.1) is 17.1 Å². The second-order valence-corrected chi connectivity index (χ2v) is 7.36. The number of hydrogen-bond donors (Lipinski definition) is 1. The molecular formula is C16H21N3O3S. The van der Waals surface area contributed by atoms with Crippen molar-refractivity contribution < 1.29 is 13.2 Å². The van der Waals surface area contributed by atoms with Gasteiger partial charge in [0.15, 0.2) is 5.78 Å². The van der Waals surface area contributed by atoms with Gasteiger partial charge in [0.1, 0.15) is 4.90 Å². The molecule has 0 bridgehead atoms. The SMILES string of the molecule is CC(=O)c1ccccc1NS(=O)(=O)c1c(C)nn(C(C)C)c1C. The quantitative estimate of drug-likeness (QED) is 0.851. The van der Waals surface area contributed by atoms with Crippen LogP contribution in [0.15, 0.2) is 29.2 Å². The Kier molecular flexibility index (Phi) is 4.61. The number of anilines is 1. The van der Waals surface area contributed by atoms with Gasteiger partial charge in [-0.25, -0.2) is 8.42 Å². The molecule has 124 valence electrons. The van der Waals surface area contributed by atoms with Crippen molar-refractivity contribution in [3.8, 4) is 0 Å². The second-order valence-electron chi connectivity index (χ2n) is 5.75. The lowest BCUT2D eigenvalue weighted by Gasteiger charge is -2.12. The molecule has 0 saturated carbocycles. The lowest BCUT2D eigenvalue weighted by Crippen LogP contribution is -2.17. The number of ketones is 1. The molecule has 0 atom stereocenters. The van der Waals surface area contributed by atoms with Crippen LogP contribution in [0.1, 0.15) is 48.6 Å². The summed E-state index contributed by atoms with van der Waals surface area (Å²) in [7, 11) is -3.83. The van der Waals surface area contributed by atoms with Gasteiger partial charge in [-0.2, -0.15) is 5.10 Å². The average molecular weight is 335 g/mol. The maximum Gasteiger partial charge on any atom is 0.265 e. The summed E-state index contributed by atoms with van der Waals surface area (Å²) < 4.78 is 29.8. The summed E-state index contributed by atoms with van der Waals surface area (Å²) in [5.41, 5.74) is 1.62. The van der Waals surface area contributed by atoms with Crippen molar-refractivity contribution >= 4 is 21.5 Å². The number of sulfonamides is 1. The standard InChI is InChI=1S/C16H21N3O3S/c1-10(2)19-12(4)16(11(3)17-19)23(21,22)18-15-9-7-6-8-14(15)13(5)20/h6-10,18H,1-5H3. The minimum absolute atomic E-state index is 0.0576. The lowest BCUT2D eigenvalue weighted by molar-refractivity contribution is 0.101. The predicted octanol–water partition coefficient (Wildman–Crippen LogP) is 3.08. The maximum absolute atomic E-state index is 12.8. The number of hydrogen-bond acceptors (Lipinski definition) is 4. The molecule has 7 heteroatoms. The van der Waals surface area contributed by atoms with Crippen molar-refractivity contribution in [2.75, 3.05) is 4.72 Å². The van der Waals surface area contributed by atoms with E-state index in [1.807, 2.05) is 13.8 Å². The highest BCUT2D eigenvalue weighted by Crippen LogP contribution is 2.26. The maximum atomic E-state index is 12.8. The Morgan fingerprint density at radius 3 is 2.35 bits per heavy atom. The van der Waals surface area contributed by atoms with Crippen LogP contribution in [0, 0.1) is 13.8 Å². The van der Waals surface area contributed by atoms with Gasteiger partial charge in [-0.15, -0.1) is 0 Å². The van der Waals surface area contributed by atoms with E-state index in [1.54, 1.807) is 42.8 Å². The van der Waals surface area contributed by atoms with Gasteiger partial charge in [-0.05, 0) is 46.8 Å². The first-order chi connectivity index (χ1) is 10.6. The third-order valence-electron chi connectivity index (χ3n) is 3.57. The fraction of sp³-hybridized carbons (Fsp3) is 0.375. The van der Waals surface area contributed by atoms with Crippen LogP contribution >= 0.6 is 0 Å². The van der Waals surface area contributed by atoms with Crippen molar-refractivity contribution in [3.05, 3.63) is 41.2 Å². The number of aromatic nitrogens is 2. The Bertz CT molecular complexity index is 851. The molecule has 2 rings (SSSR count). The van der Waals surface area contributed by atoms with E-state index in [9.17, 15) is 13.2 Å². The first-order valence-electron chi connectivity index (χ1n) is 7.33. The van der Waals surface area contributed by atoms with Crippen LogP contribution in [0.2, 0.25) is 0 Å². The molecule has 0 aliphatic rings. The zero-order valence-corrected chi connectivity index (χ0v) is 14.7. The molecule has 0 saturated heterocycles. The largest absolute Gasteiger partial charge is 0.294 e. The van der Waals surface area contributed by atoms with Gasteiger partial charge >= 0.3 is 0 Å². The number of para-hydroxylation sites is 1. The third kappa shape index (κ3) is 3.29. The Hall–Kier alpha value is -2.15. The number of nitrogens with zero attached hydrogens (tertiary/aromatic N) is 2. The topological polar surface area (TPSA) is 81.1 Å². The van der Waals surface area contributed by atoms with Crippen LogP contribution in [0.3, 0.4) is 0 Å². The first kappa shape index (κ1) is 17.2. The number of nitrogens with one attached hydrogen (secondary N) is 1. The molecule has 6 nitrogen and oxygen atoms in total. The Morgan fingerprint density at radius 1 is 1.22 bits per heavy atom. The molecule has 0 spiro atoms. The molecule has 0 amide bonds. The fourth-order valence-corrected chi connectivity index (χ4v) is 4.10. The normalized spacial score (nSPS) is 11.7. The van der Waals surface area contributed by atoms with Crippen molar-refractivity contribution in [1.82, 2.24) is 9.78 Å². The van der Waals surface area contributed by atoms with Crippen LogP contribution in [-0.2, 0) is 10.0 Å². The van der Waals surface area contributed by atoms with Crippen molar-refractivity contribution in [2.24, 2.45) is 0 Å². The van der Waals surface area contributed by atoms with Gasteiger partial charge in [0.2, 0.25) is 0 Å². The molecule has 1 aromatic heterocycles. The highest BCUT2D eigenvalue weighted by Gasteiger charge is 2.26. The smallest absolute Gasteiger partial charge is 0.265 e. The molecule has 0 fully saturated rings. The highest BCUT2D eigenvalue weighted by molar-refractivity contribution is 7.92. The fourth-order valence-electron chi connectivity index (χ4n) is 2.61. The van der Waals surface area contributed by atoms with Crippen LogP contribution in [0.5, 0.6) is 0 Å². The van der Waals surface area contributed by atoms with Crippen LogP contribution in [-0.4, -0.2) is 24.0 Å². The minimum atomic E-state index is -3.83. The van der Waals surface area contributed by atoms with Crippen LogP contribution < -0.4 is 4.72 Å². The Morgan fingerprint density at radius 2 is 1.83 bits per heavy atom. The monoisotopic (exact) mass is 335 g/mol. The number of carbonyl (C=O) groups excluding carboxylic acids is 1. The average Bonchev–Trinajstić information content (AvgIpc) is 2.74. The van der Waals surface area contributed by atoms with E-state index in [1.165, 1.54) is 6.92 Å². The zero-order chi connectivity index (χ0) is 17.4. The number of aryl methyl sites for hydroxylation is 1. The summed E-state index contributed by atoms with van der Waals surface area (Å²) in [6.07, 6.45) is 0. The summed E-state index contributed by atoms with van der Waals surface area (Å²) in [6, 6.07) is 6.61. The van der Waals surface area contributed by atoms with E-state index in [-0.39, 0.29) is 22.4 Å². The Balaban J connectivity index is 2.51. The van der Waals surface area contributed by atoms with Gasteiger partial charge in [-0.1, -0.05) is 12.1 Å². The van der Waals surface area contributed by atoms with Crippen LogP contribution in [0.25, 0.3) is 0 Å². The van der Waals surface area contributed by atoms with Crippen LogP contribution in [0.4, 0.5) is 5.69 Å². The third-order valence-corrected chi connectivity index (χ3v) is 5.18. The van der Waals surface area contributed by atoms with E-state index in [0.29, 0.717) is 17.0 Å². The van der Waals surface area contributed by atoms with E-state index in [2.05, 4.69) is 9.82 Å². The second kappa shape index (κ2) is 6.16. The molecule has 23 heavy (non-hydrogen) atoms. The molecule has 2 aromatic rings. The Labute approximate surface area is 136 Å². The highest BCUT2D eigenvalue weighted by atomic mass is 32.2. The predicted molar refractivity (Wildman–Crippen MR) is 89.3 cm³/mol. The van der Waals surface area contributed by atoms with E-state index in [0.717, 1.165) is 0 Å². The van der Waals surface area contributed by atoms with Crippen molar-refractivity contribution in [3.63, 3.8) is 0 Å². The molecular weight excluding hydrogens is 314 g/mol. The lowest BCUT2D eigenvalue weighted by atomic mass is 10.1. The van der Waals surface area contributed by atoms with Crippen molar-refractivity contribution in [1.29, 1.82) is 0 Å². The van der Waals surface area contributed by atoms with Gasteiger partial charge in [0.25, 0.3) is 10.0 Å². The summed E-state index contributed by atoms with van der Waals surface area (Å²) >= 11 is 0. The van der Waals surface area contributed by atoms with E-state index in [4.69, 9.17) is 0 Å². The molecule has 0 unspecified atom stereocenters.